The van der Waals surface area contributed by atoms with Gasteiger partial charge >= 0.3 is 0 Å². The van der Waals surface area contributed by atoms with Crippen LogP contribution in [0.2, 0.25) is 0 Å². The first-order valence-corrected chi connectivity index (χ1v) is 9.05. The van der Waals surface area contributed by atoms with E-state index in [1.54, 1.807) is 0 Å². The van der Waals surface area contributed by atoms with E-state index in [0.717, 1.165) is 10.0 Å². The van der Waals surface area contributed by atoms with E-state index >= 15 is 0 Å². The number of nitriles is 1. The molecule has 1 saturated carbocycles. The zero-order chi connectivity index (χ0) is 15.0. The molecule has 0 radical (unpaired) electrons. The maximum atomic E-state index is 12.0. The largest absolute Gasteiger partial charge is 0.380 e. The van der Waals surface area contributed by atoms with Crippen molar-refractivity contribution in [3.8, 4) is 6.07 Å². The highest BCUT2D eigenvalue weighted by Crippen LogP contribution is 2.62. The van der Waals surface area contributed by atoms with E-state index in [1.165, 1.54) is 6.26 Å². The van der Waals surface area contributed by atoms with Crippen molar-refractivity contribution in [2.45, 2.75) is 18.1 Å². The summed E-state index contributed by atoms with van der Waals surface area (Å²) in [6.07, 6.45) is 1.19. The quantitative estimate of drug-likeness (QED) is 0.811. The second kappa shape index (κ2) is 5.47. The predicted molar refractivity (Wildman–Crippen MR) is 80.1 cm³/mol. The number of rotatable bonds is 5. The fraction of sp³-hybridized carbons (Fsp3) is 0.500. The third kappa shape index (κ3) is 2.62. The van der Waals surface area contributed by atoms with Crippen LogP contribution >= 0.6 is 15.9 Å². The van der Waals surface area contributed by atoms with Gasteiger partial charge in [-0.2, -0.15) is 5.26 Å². The van der Waals surface area contributed by atoms with Crippen LogP contribution in [0.15, 0.2) is 28.7 Å². The Bertz CT molecular complexity index is 635. The van der Waals surface area contributed by atoms with Gasteiger partial charge in [-0.3, -0.25) is 0 Å². The first-order chi connectivity index (χ1) is 9.36. The van der Waals surface area contributed by atoms with Crippen molar-refractivity contribution in [3.63, 3.8) is 0 Å². The van der Waals surface area contributed by atoms with Gasteiger partial charge in [0.15, 0.2) is 9.84 Å². The molecular formula is C14H16BrNO3S. The maximum absolute atomic E-state index is 12.0. The van der Waals surface area contributed by atoms with E-state index in [9.17, 15) is 13.7 Å². The Morgan fingerprint density at radius 2 is 2.00 bits per heavy atom. The standard InChI is InChI=1S/C14H16BrNO3S/c1-3-19-9-14(8-16)12(13(14)20(2,17)18)10-4-6-11(15)7-5-10/h4-7,12-13H,3,9H2,1-2H3/t12-,13-,14-/m1/s1. The number of sulfone groups is 1. The molecule has 0 unspecified atom stereocenters. The molecule has 1 aliphatic rings. The van der Waals surface area contributed by atoms with E-state index in [4.69, 9.17) is 4.74 Å². The fourth-order valence-electron chi connectivity index (χ4n) is 2.78. The van der Waals surface area contributed by atoms with Gasteiger partial charge in [-0.25, -0.2) is 8.42 Å². The van der Waals surface area contributed by atoms with Gasteiger partial charge in [0.1, 0.15) is 5.41 Å². The molecule has 0 amide bonds. The number of ether oxygens (including phenoxy) is 1. The highest BCUT2D eigenvalue weighted by atomic mass is 79.9. The van der Waals surface area contributed by atoms with Crippen LogP contribution in [-0.2, 0) is 14.6 Å². The lowest BCUT2D eigenvalue weighted by Gasteiger charge is -2.08. The Labute approximate surface area is 127 Å². The number of halogens is 1. The smallest absolute Gasteiger partial charge is 0.152 e. The van der Waals surface area contributed by atoms with Gasteiger partial charge in [-0.05, 0) is 24.6 Å². The van der Waals surface area contributed by atoms with E-state index < -0.39 is 20.5 Å². The molecule has 0 heterocycles. The van der Waals surface area contributed by atoms with Crippen LogP contribution in [0.3, 0.4) is 0 Å². The summed E-state index contributed by atoms with van der Waals surface area (Å²) < 4.78 is 30.2. The fourth-order valence-corrected chi connectivity index (χ4v) is 4.90. The van der Waals surface area contributed by atoms with Crippen molar-refractivity contribution in [2.75, 3.05) is 19.5 Å². The summed E-state index contributed by atoms with van der Waals surface area (Å²) in [5, 5.41) is 8.81. The predicted octanol–water partition coefficient (Wildman–Crippen LogP) is 2.51. The van der Waals surface area contributed by atoms with Crippen molar-refractivity contribution in [1.82, 2.24) is 0 Å². The van der Waals surface area contributed by atoms with Gasteiger partial charge < -0.3 is 4.74 Å². The van der Waals surface area contributed by atoms with Crippen molar-refractivity contribution in [3.05, 3.63) is 34.3 Å². The molecule has 0 saturated heterocycles. The van der Waals surface area contributed by atoms with Crippen molar-refractivity contribution in [1.29, 1.82) is 5.26 Å². The highest BCUT2D eigenvalue weighted by Gasteiger charge is 2.71. The number of hydrogen-bond acceptors (Lipinski definition) is 4. The Morgan fingerprint density at radius 3 is 2.45 bits per heavy atom. The molecule has 4 nitrogen and oxygen atoms in total. The number of nitrogens with zero attached hydrogens (tertiary/aromatic N) is 1. The van der Waals surface area contributed by atoms with Crippen LogP contribution in [0.25, 0.3) is 0 Å². The summed E-state index contributed by atoms with van der Waals surface area (Å²) >= 11 is 3.35. The summed E-state index contributed by atoms with van der Waals surface area (Å²) in [4.78, 5) is 0. The molecule has 2 rings (SSSR count). The molecule has 0 aliphatic heterocycles. The molecule has 0 spiro atoms. The zero-order valence-corrected chi connectivity index (χ0v) is 13.7. The average Bonchev–Trinajstić information content (AvgIpc) is 3.07. The van der Waals surface area contributed by atoms with Gasteiger partial charge in [0.2, 0.25) is 0 Å². The van der Waals surface area contributed by atoms with E-state index in [1.807, 2.05) is 31.2 Å². The zero-order valence-electron chi connectivity index (χ0n) is 11.3. The molecule has 1 aromatic rings. The van der Waals surface area contributed by atoms with Crippen molar-refractivity contribution in [2.24, 2.45) is 5.41 Å². The van der Waals surface area contributed by atoms with Gasteiger partial charge in [-0.15, -0.1) is 0 Å². The van der Waals surface area contributed by atoms with E-state index in [2.05, 4.69) is 22.0 Å². The monoisotopic (exact) mass is 357 g/mol. The van der Waals surface area contributed by atoms with Crippen LogP contribution in [0.4, 0.5) is 0 Å². The van der Waals surface area contributed by atoms with Gasteiger partial charge in [-0.1, -0.05) is 28.1 Å². The number of benzene rings is 1. The first kappa shape index (κ1) is 15.5. The SMILES string of the molecule is CCOC[C@]1(C#N)[C@H](c2ccc(Br)cc2)[C@H]1S(C)(=O)=O. The molecule has 1 aromatic carbocycles. The van der Waals surface area contributed by atoms with Crippen molar-refractivity contribution < 1.29 is 13.2 Å². The van der Waals surface area contributed by atoms with Gasteiger partial charge in [0.25, 0.3) is 0 Å². The molecule has 0 bridgehead atoms. The molecule has 3 atom stereocenters. The van der Waals surface area contributed by atoms with Crippen LogP contribution < -0.4 is 0 Å². The molecule has 20 heavy (non-hydrogen) atoms. The summed E-state index contributed by atoms with van der Waals surface area (Å²) in [7, 11) is -3.30. The molecule has 0 aromatic heterocycles. The molecule has 1 fully saturated rings. The minimum atomic E-state index is -3.30. The first-order valence-electron chi connectivity index (χ1n) is 6.30. The van der Waals surface area contributed by atoms with E-state index in [-0.39, 0.29) is 12.5 Å². The topological polar surface area (TPSA) is 67.2 Å². The summed E-state index contributed by atoms with van der Waals surface area (Å²) in [5.74, 6) is -0.317. The lowest BCUT2D eigenvalue weighted by Crippen LogP contribution is -2.18. The molecule has 6 heteroatoms. The summed E-state index contributed by atoms with van der Waals surface area (Å²) in [6.45, 7) is 2.45. The lowest BCUT2D eigenvalue weighted by atomic mass is 10.0. The van der Waals surface area contributed by atoms with Crippen LogP contribution in [0.1, 0.15) is 18.4 Å². The molecule has 108 valence electrons. The Balaban J connectivity index is 2.40. The van der Waals surface area contributed by atoms with Crippen LogP contribution in [0.5, 0.6) is 0 Å². The second-order valence-corrected chi connectivity index (χ2v) is 8.15. The van der Waals surface area contributed by atoms with Gasteiger partial charge in [0.05, 0.1) is 17.9 Å². The van der Waals surface area contributed by atoms with E-state index in [0.29, 0.717) is 6.61 Å². The Kier molecular flexibility index (Phi) is 4.24. The normalized spacial score (nSPS) is 28.9. The van der Waals surface area contributed by atoms with Crippen LogP contribution in [0, 0.1) is 16.7 Å². The maximum Gasteiger partial charge on any atom is 0.152 e. The Hall–Kier alpha value is -0.900. The second-order valence-electron chi connectivity index (χ2n) is 5.07. The molecule has 0 N–H and O–H groups in total. The molecule has 1 aliphatic carbocycles. The third-order valence-electron chi connectivity index (χ3n) is 3.70. The Morgan fingerprint density at radius 1 is 1.40 bits per heavy atom. The van der Waals surface area contributed by atoms with Crippen molar-refractivity contribution >= 4 is 25.8 Å². The van der Waals surface area contributed by atoms with Crippen LogP contribution in [-0.4, -0.2) is 33.1 Å². The lowest BCUT2D eigenvalue weighted by molar-refractivity contribution is 0.117. The highest BCUT2D eigenvalue weighted by molar-refractivity contribution is 9.10. The summed E-state index contributed by atoms with van der Waals surface area (Å²) in [5.41, 5.74) is -0.0953. The van der Waals surface area contributed by atoms with Gasteiger partial charge in [0, 0.05) is 23.3 Å². The summed E-state index contributed by atoms with van der Waals surface area (Å²) in [6, 6.07) is 9.62. The average molecular weight is 358 g/mol. The third-order valence-corrected chi connectivity index (χ3v) is 5.84. The minimum Gasteiger partial charge on any atom is -0.380 e. The number of hydrogen-bond donors (Lipinski definition) is 0. The minimum absolute atomic E-state index is 0.151. The molecular weight excluding hydrogens is 342 g/mol.